The van der Waals surface area contributed by atoms with E-state index in [9.17, 15) is 9.90 Å². The minimum absolute atomic E-state index is 0.149. The Balaban J connectivity index is 1.96. The highest BCUT2D eigenvalue weighted by atomic mass is 79.9. The first kappa shape index (κ1) is 12.5. The standard InChI is InChI=1S/C15H13BrO3/c16-13-11-4-2-1-3-9(11)7-8-12(13)19-14(15(17)18)10-5-6-10/h1-4,7-8,10,14H,5-6H2,(H,17,18). The molecule has 0 aromatic heterocycles. The van der Waals surface area contributed by atoms with Crippen LogP contribution in [-0.2, 0) is 4.79 Å². The Morgan fingerprint density at radius 2 is 2.00 bits per heavy atom. The minimum atomic E-state index is -0.887. The number of carbonyl (C=O) groups is 1. The van der Waals surface area contributed by atoms with Gasteiger partial charge in [0, 0.05) is 5.92 Å². The fraction of sp³-hybridized carbons (Fsp3) is 0.267. The molecule has 0 amide bonds. The molecule has 1 aliphatic carbocycles. The molecule has 0 bridgehead atoms. The molecule has 98 valence electrons. The van der Waals surface area contributed by atoms with E-state index in [-0.39, 0.29) is 5.92 Å². The van der Waals surface area contributed by atoms with Crippen LogP contribution < -0.4 is 4.74 Å². The third-order valence-corrected chi connectivity index (χ3v) is 4.19. The van der Waals surface area contributed by atoms with Gasteiger partial charge in [0.1, 0.15) is 5.75 Å². The number of ether oxygens (including phenoxy) is 1. The van der Waals surface area contributed by atoms with Crippen molar-refractivity contribution in [1.29, 1.82) is 0 Å². The van der Waals surface area contributed by atoms with Crippen LogP contribution in [0.4, 0.5) is 0 Å². The smallest absolute Gasteiger partial charge is 0.345 e. The van der Waals surface area contributed by atoms with E-state index in [2.05, 4.69) is 15.9 Å². The highest BCUT2D eigenvalue weighted by Crippen LogP contribution is 2.38. The van der Waals surface area contributed by atoms with Gasteiger partial charge >= 0.3 is 5.97 Å². The molecule has 0 saturated heterocycles. The van der Waals surface area contributed by atoms with Crippen LogP contribution in [0.25, 0.3) is 10.8 Å². The fourth-order valence-electron chi connectivity index (χ4n) is 2.19. The van der Waals surface area contributed by atoms with E-state index in [1.807, 2.05) is 36.4 Å². The Hall–Kier alpha value is -1.55. The van der Waals surface area contributed by atoms with Crippen LogP contribution in [0.15, 0.2) is 40.9 Å². The van der Waals surface area contributed by atoms with E-state index in [1.165, 1.54) is 0 Å². The highest BCUT2D eigenvalue weighted by Gasteiger charge is 2.38. The fourth-order valence-corrected chi connectivity index (χ4v) is 2.78. The van der Waals surface area contributed by atoms with E-state index >= 15 is 0 Å². The predicted molar refractivity (Wildman–Crippen MR) is 76.4 cm³/mol. The summed E-state index contributed by atoms with van der Waals surface area (Å²) in [5, 5.41) is 11.3. The van der Waals surface area contributed by atoms with Gasteiger partial charge in [0.25, 0.3) is 0 Å². The second kappa shape index (κ2) is 4.85. The lowest BCUT2D eigenvalue weighted by molar-refractivity contribution is -0.146. The maximum atomic E-state index is 11.2. The van der Waals surface area contributed by atoms with E-state index in [0.29, 0.717) is 5.75 Å². The normalized spacial score (nSPS) is 16.3. The topological polar surface area (TPSA) is 46.5 Å². The average Bonchev–Trinajstić information content (AvgIpc) is 3.22. The Labute approximate surface area is 119 Å². The lowest BCUT2D eigenvalue weighted by Gasteiger charge is -2.16. The van der Waals surface area contributed by atoms with Crippen LogP contribution in [0, 0.1) is 5.92 Å². The Morgan fingerprint density at radius 1 is 1.26 bits per heavy atom. The zero-order chi connectivity index (χ0) is 13.4. The van der Waals surface area contributed by atoms with Gasteiger partial charge in [-0.1, -0.05) is 30.3 Å². The van der Waals surface area contributed by atoms with E-state index in [4.69, 9.17) is 4.74 Å². The molecule has 3 rings (SSSR count). The number of aliphatic carboxylic acids is 1. The highest BCUT2D eigenvalue weighted by molar-refractivity contribution is 9.10. The summed E-state index contributed by atoms with van der Waals surface area (Å²) in [6, 6.07) is 11.7. The van der Waals surface area contributed by atoms with Crippen LogP contribution in [0.3, 0.4) is 0 Å². The van der Waals surface area contributed by atoms with Gasteiger partial charge in [0.15, 0.2) is 6.10 Å². The molecule has 1 unspecified atom stereocenters. The molecule has 4 heteroatoms. The van der Waals surface area contributed by atoms with Gasteiger partial charge in [0.2, 0.25) is 0 Å². The lowest BCUT2D eigenvalue weighted by Crippen LogP contribution is -2.29. The summed E-state index contributed by atoms with van der Waals surface area (Å²) in [4.78, 5) is 11.2. The molecule has 1 fully saturated rings. The van der Waals surface area contributed by atoms with Crippen molar-refractivity contribution in [3.63, 3.8) is 0 Å². The molecule has 0 heterocycles. The Morgan fingerprint density at radius 3 is 2.68 bits per heavy atom. The number of hydrogen-bond donors (Lipinski definition) is 1. The molecule has 0 spiro atoms. The molecule has 1 aliphatic rings. The van der Waals surface area contributed by atoms with Gasteiger partial charge in [-0.3, -0.25) is 0 Å². The largest absolute Gasteiger partial charge is 0.478 e. The van der Waals surface area contributed by atoms with Crippen molar-refractivity contribution in [2.45, 2.75) is 18.9 Å². The maximum Gasteiger partial charge on any atom is 0.345 e. The van der Waals surface area contributed by atoms with Crippen molar-refractivity contribution in [3.05, 3.63) is 40.9 Å². The monoisotopic (exact) mass is 320 g/mol. The van der Waals surface area contributed by atoms with Gasteiger partial charge < -0.3 is 9.84 Å². The molecule has 2 aromatic rings. The second-order valence-electron chi connectivity index (χ2n) is 4.81. The van der Waals surface area contributed by atoms with Crippen molar-refractivity contribution in [1.82, 2.24) is 0 Å². The summed E-state index contributed by atoms with van der Waals surface area (Å²) in [5.74, 6) is -0.142. The first-order valence-electron chi connectivity index (χ1n) is 6.23. The number of hydrogen-bond acceptors (Lipinski definition) is 2. The molecule has 0 aliphatic heterocycles. The van der Waals surface area contributed by atoms with Crippen molar-refractivity contribution < 1.29 is 14.6 Å². The summed E-state index contributed by atoms with van der Waals surface area (Å²) in [6.45, 7) is 0. The van der Waals surface area contributed by atoms with Crippen molar-refractivity contribution in [3.8, 4) is 5.75 Å². The quantitative estimate of drug-likeness (QED) is 0.930. The number of carboxylic acid groups (broad SMARTS) is 1. The van der Waals surface area contributed by atoms with Gasteiger partial charge in [-0.05, 0) is 45.6 Å². The Bertz CT molecular complexity index is 634. The SMILES string of the molecule is O=C(O)C(Oc1ccc2ccccc2c1Br)C1CC1. The van der Waals surface area contributed by atoms with Gasteiger partial charge in [-0.25, -0.2) is 4.79 Å². The molecule has 3 nitrogen and oxygen atoms in total. The van der Waals surface area contributed by atoms with Crippen molar-refractivity contribution >= 4 is 32.7 Å². The second-order valence-corrected chi connectivity index (χ2v) is 5.61. The number of rotatable bonds is 4. The van der Waals surface area contributed by atoms with E-state index in [1.54, 1.807) is 0 Å². The van der Waals surface area contributed by atoms with Crippen LogP contribution >= 0.6 is 15.9 Å². The minimum Gasteiger partial charge on any atom is -0.478 e. The zero-order valence-corrected chi connectivity index (χ0v) is 11.8. The molecule has 1 atom stereocenters. The molecule has 1 saturated carbocycles. The maximum absolute atomic E-state index is 11.2. The predicted octanol–water partition coefficient (Wildman–Crippen LogP) is 3.84. The van der Waals surface area contributed by atoms with Gasteiger partial charge in [-0.2, -0.15) is 0 Å². The third kappa shape index (κ3) is 2.45. The Kier molecular flexibility index (Phi) is 3.19. The van der Waals surface area contributed by atoms with E-state index < -0.39 is 12.1 Å². The van der Waals surface area contributed by atoms with Crippen molar-refractivity contribution in [2.24, 2.45) is 5.92 Å². The number of halogens is 1. The summed E-state index contributed by atoms with van der Waals surface area (Å²) in [7, 11) is 0. The van der Waals surface area contributed by atoms with Gasteiger partial charge in [-0.15, -0.1) is 0 Å². The van der Waals surface area contributed by atoms with Crippen LogP contribution in [0.5, 0.6) is 5.75 Å². The van der Waals surface area contributed by atoms with Crippen molar-refractivity contribution in [2.75, 3.05) is 0 Å². The molecule has 2 aromatic carbocycles. The van der Waals surface area contributed by atoms with Crippen LogP contribution in [0.2, 0.25) is 0 Å². The van der Waals surface area contributed by atoms with E-state index in [0.717, 1.165) is 28.1 Å². The molecule has 1 N–H and O–H groups in total. The zero-order valence-electron chi connectivity index (χ0n) is 10.2. The molecule has 19 heavy (non-hydrogen) atoms. The summed E-state index contributed by atoms with van der Waals surface area (Å²) in [6.07, 6.45) is 1.13. The van der Waals surface area contributed by atoms with Crippen LogP contribution in [0.1, 0.15) is 12.8 Å². The molecular formula is C15H13BrO3. The summed E-state index contributed by atoms with van der Waals surface area (Å²) < 4.78 is 6.51. The number of carboxylic acids is 1. The van der Waals surface area contributed by atoms with Crippen LogP contribution in [-0.4, -0.2) is 17.2 Å². The van der Waals surface area contributed by atoms with Gasteiger partial charge in [0.05, 0.1) is 4.47 Å². The number of fused-ring (bicyclic) bond motifs is 1. The average molecular weight is 321 g/mol. The third-order valence-electron chi connectivity index (χ3n) is 3.38. The molecule has 0 radical (unpaired) electrons. The first-order valence-corrected chi connectivity index (χ1v) is 7.03. The number of benzene rings is 2. The molecular weight excluding hydrogens is 308 g/mol. The summed E-state index contributed by atoms with van der Waals surface area (Å²) in [5.41, 5.74) is 0. The summed E-state index contributed by atoms with van der Waals surface area (Å²) >= 11 is 3.51. The first-order chi connectivity index (χ1) is 9.16. The lowest BCUT2D eigenvalue weighted by atomic mass is 10.1.